The molecule has 0 heterocycles. The van der Waals surface area contributed by atoms with Crippen molar-refractivity contribution in [1.82, 2.24) is 0 Å². The second-order valence-electron chi connectivity index (χ2n) is 9.57. The van der Waals surface area contributed by atoms with Gasteiger partial charge in [0.25, 0.3) is 0 Å². The highest BCUT2D eigenvalue weighted by molar-refractivity contribution is 5.65. The molecule has 0 bridgehead atoms. The summed E-state index contributed by atoms with van der Waals surface area (Å²) in [5, 5.41) is 27.6. The van der Waals surface area contributed by atoms with E-state index >= 15 is 0 Å². The van der Waals surface area contributed by atoms with E-state index < -0.39 is 0 Å². The van der Waals surface area contributed by atoms with Gasteiger partial charge in [-0.25, -0.2) is 0 Å². The van der Waals surface area contributed by atoms with Gasteiger partial charge in [-0.2, -0.15) is 10.5 Å². The maximum Gasteiger partial charge on any atom is 0.132 e. The number of nitriles is 2. The van der Waals surface area contributed by atoms with Gasteiger partial charge in [0.15, 0.2) is 0 Å². The standard InChI is InChI=1S/C29H39N3O2/c1-5-32(6-2)27-14-13-24(28(18-27)34-16-10-8-7-9-15-33)12-11-23-17-25(26(21-30)22-31)20-29(3,4)19-23/h11-14,17-18,33H,5-10,15-16,19-20H2,1-4H3/b12-11+. The van der Waals surface area contributed by atoms with Gasteiger partial charge in [0.1, 0.15) is 23.5 Å². The molecule has 2 rings (SSSR count). The number of benzene rings is 1. The molecule has 1 aliphatic carbocycles. The lowest BCUT2D eigenvalue weighted by atomic mass is 9.74. The highest BCUT2D eigenvalue weighted by atomic mass is 16.5. The van der Waals surface area contributed by atoms with Crippen LogP contribution in [0.5, 0.6) is 5.75 Å². The van der Waals surface area contributed by atoms with Gasteiger partial charge in [0.05, 0.1) is 6.61 Å². The zero-order valence-electron chi connectivity index (χ0n) is 21.2. The van der Waals surface area contributed by atoms with Crippen molar-refractivity contribution in [2.24, 2.45) is 5.41 Å². The van der Waals surface area contributed by atoms with Crippen LogP contribution < -0.4 is 9.64 Å². The van der Waals surface area contributed by atoms with E-state index in [4.69, 9.17) is 9.84 Å². The quantitative estimate of drug-likeness (QED) is 0.281. The first kappa shape index (κ1) is 27.2. The Bertz CT molecular complexity index is 970. The molecule has 34 heavy (non-hydrogen) atoms. The minimum absolute atomic E-state index is 0.0107. The molecule has 1 aliphatic rings. The van der Waals surface area contributed by atoms with Crippen LogP contribution >= 0.6 is 0 Å². The van der Waals surface area contributed by atoms with E-state index in [1.54, 1.807) is 0 Å². The predicted molar refractivity (Wildman–Crippen MR) is 139 cm³/mol. The summed E-state index contributed by atoms with van der Waals surface area (Å²) < 4.78 is 6.22. The third-order valence-corrected chi connectivity index (χ3v) is 6.17. The summed E-state index contributed by atoms with van der Waals surface area (Å²) in [6.45, 7) is 11.4. The monoisotopic (exact) mass is 461 g/mol. The third-order valence-electron chi connectivity index (χ3n) is 6.17. The second-order valence-corrected chi connectivity index (χ2v) is 9.57. The molecular weight excluding hydrogens is 422 g/mol. The molecule has 0 atom stereocenters. The first-order valence-electron chi connectivity index (χ1n) is 12.4. The largest absolute Gasteiger partial charge is 0.493 e. The van der Waals surface area contributed by atoms with E-state index in [0.717, 1.165) is 79.8 Å². The summed E-state index contributed by atoms with van der Waals surface area (Å²) in [7, 11) is 0. The number of aliphatic hydroxyl groups excluding tert-OH is 1. The number of nitrogens with zero attached hydrogens (tertiary/aromatic N) is 3. The van der Waals surface area contributed by atoms with Crippen molar-refractivity contribution in [3.8, 4) is 17.9 Å². The van der Waals surface area contributed by atoms with Crippen LogP contribution in [-0.2, 0) is 0 Å². The highest BCUT2D eigenvalue weighted by Gasteiger charge is 2.26. The minimum Gasteiger partial charge on any atom is -0.493 e. The van der Waals surface area contributed by atoms with Gasteiger partial charge < -0.3 is 14.7 Å². The molecule has 0 aliphatic heterocycles. The van der Waals surface area contributed by atoms with Crippen molar-refractivity contribution in [2.45, 2.75) is 66.2 Å². The molecule has 0 spiro atoms. The normalized spacial score (nSPS) is 14.9. The van der Waals surface area contributed by atoms with Crippen LogP contribution in [-0.4, -0.2) is 31.4 Å². The molecule has 5 heteroatoms. The molecule has 182 valence electrons. The summed E-state index contributed by atoms with van der Waals surface area (Å²) in [5.41, 5.74) is 4.28. The van der Waals surface area contributed by atoms with Crippen molar-refractivity contribution in [2.75, 3.05) is 31.2 Å². The van der Waals surface area contributed by atoms with Crippen LogP contribution in [0.15, 0.2) is 47.1 Å². The van der Waals surface area contributed by atoms with Gasteiger partial charge >= 0.3 is 0 Å². The average molecular weight is 462 g/mol. The van der Waals surface area contributed by atoms with E-state index in [2.05, 4.69) is 62.9 Å². The summed E-state index contributed by atoms with van der Waals surface area (Å²) in [6.07, 6.45) is 11.6. The Morgan fingerprint density at radius 2 is 1.76 bits per heavy atom. The fourth-order valence-corrected chi connectivity index (χ4v) is 4.41. The van der Waals surface area contributed by atoms with Gasteiger partial charge in [-0.1, -0.05) is 38.5 Å². The zero-order chi connectivity index (χ0) is 25.0. The van der Waals surface area contributed by atoms with Crippen molar-refractivity contribution < 1.29 is 9.84 Å². The van der Waals surface area contributed by atoms with Crippen LogP contribution in [0.2, 0.25) is 0 Å². The molecular formula is C29H39N3O2. The Balaban J connectivity index is 2.30. The Hall–Kier alpha value is -3.02. The molecule has 0 radical (unpaired) electrons. The van der Waals surface area contributed by atoms with Crippen molar-refractivity contribution in [3.05, 3.63) is 52.6 Å². The Kier molecular flexibility index (Phi) is 10.9. The fraction of sp³-hybridized carbons (Fsp3) is 0.517. The van der Waals surface area contributed by atoms with Crippen LogP contribution in [0, 0.1) is 28.1 Å². The van der Waals surface area contributed by atoms with E-state index in [1.807, 2.05) is 18.2 Å². The fourth-order valence-electron chi connectivity index (χ4n) is 4.41. The van der Waals surface area contributed by atoms with Crippen LogP contribution in [0.4, 0.5) is 5.69 Å². The molecule has 0 aromatic heterocycles. The van der Waals surface area contributed by atoms with Crippen molar-refractivity contribution >= 4 is 11.8 Å². The molecule has 0 amide bonds. The first-order chi connectivity index (χ1) is 16.4. The summed E-state index contributed by atoms with van der Waals surface area (Å²) in [4.78, 5) is 2.30. The van der Waals surface area contributed by atoms with E-state index in [9.17, 15) is 10.5 Å². The lowest BCUT2D eigenvalue weighted by Crippen LogP contribution is -2.21. The number of rotatable bonds is 12. The zero-order valence-corrected chi connectivity index (χ0v) is 21.2. The number of aliphatic hydroxyl groups is 1. The maximum atomic E-state index is 9.33. The summed E-state index contributed by atoms with van der Waals surface area (Å²) in [5.74, 6) is 0.865. The van der Waals surface area contributed by atoms with Crippen LogP contribution in [0.1, 0.15) is 71.8 Å². The molecule has 1 aromatic rings. The van der Waals surface area contributed by atoms with Gasteiger partial charge in [-0.3, -0.25) is 0 Å². The number of unbranched alkanes of at least 4 members (excludes halogenated alkanes) is 3. The summed E-state index contributed by atoms with van der Waals surface area (Å²) in [6, 6.07) is 10.4. The van der Waals surface area contributed by atoms with Gasteiger partial charge in [0, 0.05) is 37.0 Å². The minimum atomic E-state index is -0.0107. The first-order valence-corrected chi connectivity index (χ1v) is 12.4. The van der Waals surface area contributed by atoms with Crippen molar-refractivity contribution in [3.63, 3.8) is 0 Å². The third kappa shape index (κ3) is 8.08. The second kappa shape index (κ2) is 13.6. The van der Waals surface area contributed by atoms with Gasteiger partial charge in [-0.15, -0.1) is 0 Å². The summed E-state index contributed by atoms with van der Waals surface area (Å²) >= 11 is 0. The number of ether oxygens (including phenoxy) is 1. The van der Waals surface area contributed by atoms with E-state index in [0.29, 0.717) is 6.61 Å². The Morgan fingerprint density at radius 3 is 2.41 bits per heavy atom. The van der Waals surface area contributed by atoms with Gasteiger partial charge in [0.2, 0.25) is 0 Å². The molecule has 0 fully saturated rings. The molecule has 0 saturated carbocycles. The molecule has 1 N–H and O–H groups in total. The lowest BCUT2D eigenvalue weighted by Gasteiger charge is -2.30. The van der Waals surface area contributed by atoms with Crippen molar-refractivity contribution in [1.29, 1.82) is 10.5 Å². The molecule has 0 saturated heterocycles. The number of hydrogen-bond donors (Lipinski definition) is 1. The van der Waals surface area contributed by atoms with E-state index in [1.165, 1.54) is 0 Å². The maximum absolute atomic E-state index is 9.33. The smallest absolute Gasteiger partial charge is 0.132 e. The number of allylic oxidation sites excluding steroid dienone is 5. The SMILES string of the molecule is CCN(CC)c1ccc(/C=C/C2=CC(=C(C#N)C#N)CC(C)(C)C2)c(OCCCCCCO)c1. The Labute approximate surface area is 205 Å². The highest BCUT2D eigenvalue weighted by Crippen LogP contribution is 2.40. The molecule has 0 unspecified atom stereocenters. The molecule has 5 nitrogen and oxygen atoms in total. The lowest BCUT2D eigenvalue weighted by molar-refractivity contribution is 0.273. The predicted octanol–water partition coefficient (Wildman–Crippen LogP) is 6.57. The topological polar surface area (TPSA) is 80.3 Å². The van der Waals surface area contributed by atoms with Gasteiger partial charge in [-0.05, 0) is 74.6 Å². The van der Waals surface area contributed by atoms with E-state index in [-0.39, 0.29) is 17.6 Å². The Morgan fingerprint density at radius 1 is 1.06 bits per heavy atom. The van der Waals surface area contributed by atoms with Crippen LogP contribution in [0.25, 0.3) is 6.08 Å². The van der Waals surface area contributed by atoms with Crippen LogP contribution in [0.3, 0.4) is 0 Å². The average Bonchev–Trinajstić information content (AvgIpc) is 2.81. The number of anilines is 1. The molecule has 1 aromatic carbocycles. The number of hydrogen-bond acceptors (Lipinski definition) is 5.